The van der Waals surface area contributed by atoms with Crippen LogP contribution in [0, 0.1) is 22.7 Å². The molecule has 0 fully saturated rings. The Hall–Kier alpha value is -7.96. The molecule has 2 heterocycles. The molecule has 23 nitrogen and oxygen atoms in total. The second-order valence-corrected chi connectivity index (χ2v) is 24.3. The lowest BCUT2D eigenvalue weighted by Gasteiger charge is -2.26. The number of esters is 2. The number of alkyl carbamates (subject to hydrolysis) is 4. The van der Waals surface area contributed by atoms with Crippen molar-refractivity contribution in [3.05, 3.63) is 76.6 Å². The smallest absolute Gasteiger partial charge is 0.408 e. The van der Waals surface area contributed by atoms with E-state index in [1.807, 2.05) is 0 Å². The standard InChI is InChI=1S/C58H76ClN9O14S/c1-55(2,3)79-51(71)63-27-15-13-17-43(66-53(73)81-57(7,8)9)49(69)77-33-40(78-50(70)44(67-54(74)82-58(10,11)12)18-14-16-28-64-52(72)80-56(4,5)6)32-75-39-25-21-35(22-26-39)45-41(29-60)46(62)68-48(42(45)30-61)83-34-38-31-76-47(65-38)36-19-23-37(59)24-20-36/h19-26,31,40,43-44H,13-18,27-28,32-34H2,1-12H3,(H2,62,68)(H,63,71)(H,64,72)(H,66,73)(H,67,74)/t40-,43-,44-/m0/s1. The summed E-state index contributed by atoms with van der Waals surface area (Å²) in [6, 6.07) is 14.9. The van der Waals surface area contributed by atoms with E-state index in [2.05, 4.69) is 43.4 Å². The molecule has 25 heteroatoms. The number of halogens is 1. The number of nitrogens with one attached hydrogen (secondary N) is 4. The zero-order chi connectivity index (χ0) is 61.7. The van der Waals surface area contributed by atoms with Crippen molar-refractivity contribution in [3.8, 4) is 40.5 Å². The molecule has 2 aromatic carbocycles. The first-order chi connectivity index (χ1) is 38.8. The predicted molar refractivity (Wildman–Crippen MR) is 309 cm³/mol. The second kappa shape index (κ2) is 30.9. The van der Waals surface area contributed by atoms with Crippen molar-refractivity contribution in [3.63, 3.8) is 0 Å². The van der Waals surface area contributed by atoms with Crippen LogP contribution >= 0.6 is 23.4 Å². The van der Waals surface area contributed by atoms with Gasteiger partial charge in [0, 0.05) is 35.0 Å². The summed E-state index contributed by atoms with van der Waals surface area (Å²) in [6.07, 6.45) is -1.48. The van der Waals surface area contributed by atoms with Gasteiger partial charge in [0.2, 0.25) is 5.89 Å². The summed E-state index contributed by atoms with van der Waals surface area (Å²) in [7, 11) is 0. The van der Waals surface area contributed by atoms with Gasteiger partial charge in [0.15, 0.2) is 6.10 Å². The molecular formula is C58H76ClN9O14S. The molecule has 0 saturated carbocycles. The fraction of sp³-hybridized carbons (Fsp3) is 0.517. The van der Waals surface area contributed by atoms with Crippen LogP contribution in [-0.2, 0) is 43.8 Å². The van der Waals surface area contributed by atoms with Crippen LogP contribution in [0.2, 0.25) is 5.02 Å². The predicted octanol–water partition coefficient (Wildman–Crippen LogP) is 10.7. The largest absolute Gasteiger partial charge is 0.490 e. The summed E-state index contributed by atoms with van der Waals surface area (Å²) in [5.41, 5.74) is 4.97. The summed E-state index contributed by atoms with van der Waals surface area (Å²) in [4.78, 5) is 87.7. The van der Waals surface area contributed by atoms with E-state index in [-0.39, 0.29) is 65.0 Å². The molecule has 0 aliphatic carbocycles. The van der Waals surface area contributed by atoms with Gasteiger partial charge in [-0.2, -0.15) is 10.5 Å². The number of rotatable bonds is 25. The summed E-state index contributed by atoms with van der Waals surface area (Å²) < 4.78 is 45.0. The number of ether oxygens (including phenoxy) is 7. The Bertz CT molecular complexity index is 2930. The quantitative estimate of drug-likeness (QED) is 0.0178. The highest BCUT2D eigenvalue weighted by molar-refractivity contribution is 7.98. The van der Waals surface area contributed by atoms with Gasteiger partial charge in [0.1, 0.15) is 88.3 Å². The van der Waals surface area contributed by atoms with E-state index >= 15 is 0 Å². The number of nitriles is 2. The maximum Gasteiger partial charge on any atom is 0.408 e. The molecule has 0 radical (unpaired) electrons. The molecular weight excluding hydrogens is 1110 g/mol. The fourth-order valence-electron chi connectivity index (χ4n) is 7.33. The van der Waals surface area contributed by atoms with Crippen molar-refractivity contribution in [1.82, 2.24) is 31.2 Å². The minimum absolute atomic E-state index is 0.0220. The van der Waals surface area contributed by atoms with Crippen LogP contribution in [0.15, 0.2) is 64.2 Å². The van der Waals surface area contributed by atoms with Crippen LogP contribution in [0.3, 0.4) is 0 Å². The molecule has 0 bridgehead atoms. The van der Waals surface area contributed by atoms with Crippen molar-refractivity contribution in [1.29, 1.82) is 10.5 Å². The maximum atomic E-state index is 14.2. The minimum atomic E-state index is -1.36. The Morgan fingerprint density at radius 3 is 1.61 bits per heavy atom. The minimum Gasteiger partial charge on any atom is -0.490 e. The Labute approximate surface area is 493 Å². The molecule has 0 aliphatic rings. The van der Waals surface area contributed by atoms with Crippen LogP contribution in [0.4, 0.5) is 25.0 Å². The normalized spacial score (nSPS) is 12.7. The molecule has 0 saturated heterocycles. The van der Waals surface area contributed by atoms with E-state index in [0.29, 0.717) is 53.4 Å². The van der Waals surface area contributed by atoms with Crippen molar-refractivity contribution in [2.45, 2.75) is 173 Å². The molecule has 4 amide bonds. The number of benzene rings is 2. The highest BCUT2D eigenvalue weighted by Gasteiger charge is 2.31. The Morgan fingerprint density at radius 2 is 1.12 bits per heavy atom. The first-order valence-electron chi connectivity index (χ1n) is 26.8. The number of hydrogen-bond acceptors (Lipinski definition) is 20. The first-order valence-corrected chi connectivity index (χ1v) is 28.2. The number of pyridine rings is 1. The number of hydrogen-bond donors (Lipinski definition) is 5. The first kappa shape index (κ1) is 67.5. The molecule has 2 aromatic heterocycles. The topological polar surface area (TPSA) is 328 Å². The lowest BCUT2D eigenvalue weighted by molar-refractivity contribution is -0.163. The number of unbranched alkanes of at least 4 members (excludes halogenated alkanes) is 2. The summed E-state index contributed by atoms with van der Waals surface area (Å²) in [5, 5.41) is 32.0. The molecule has 450 valence electrons. The average Bonchev–Trinajstić information content (AvgIpc) is 4.01. The third kappa shape index (κ3) is 25.0. The summed E-state index contributed by atoms with van der Waals surface area (Å²) in [5.74, 6) is -1.16. The van der Waals surface area contributed by atoms with E-state index in [1.54, 1.807) is 119 Å². The van der Waals surface area contributed by atoms with Crippen molar-refractivity contribution < 1.29 is 66.3 Å². The molecule has 3 atom stereocenters. The number of oxazole rings is 1. The van der Waals surface area contributed by atoms with Crippen LogP contribution < -0.4 is 31.7 Å². The Morgan fingerprint density at radius 1 is 0.639 bits per heavy atom. The van der Waals surface area contributed by atoms with Crippen LogP contribution in [0.25, 0.3) is 22.6 Å². The van der Waals surface area contributed by atoms with Gasteiger partial charge >= 0.3 is 36.3 Å². The van der Waals surface area contributed by atoms with E-state index in [9.17, 15) is 39.3 Å². The van der Waals surface area contributed by atoms with Gasteiger partial charge in [-0.1, -0.05) is 35.5 Å². The van der Waals surface area contributed by atoms with E-state index in [1.165, 1.54) is 30.2 Å². The number of nitrogens with two attached hydrogens (primary N) is 1. The van der Waals surface area contributed by atoms with Crippen molar-refractivity contribution >= 4 is 65.5 Å². The van der Waals surface area contributed by atoms with Gasteiger partial charge < -0.3 is 64.6 Å². The number of aromatic nitrogens is 2. The van der Waals surface area contributed by atoms with Crippen LogP contribution in [0.1, 0.15) is 138 Å². The Balaban J connectivity index is 1.60. The summed E-state index contributed by atoms with van der Waals surface area (Å²) >= 11 is 7.21. The van der Waals surface area contributed by atoms with Gasteiger partial charge in [-0.3, -0.25) is 0 Å². The van der Waals surface area contributed by atoms with Crippen molar-refractivity contribution in [2.24, 2.45) is 0 Å². The number of amides is 4. The van der Waals surface area contributed by atoms with Crippen LogP contribution in [-0.4, -0.2) is 113 Å². The van der Waals surface area contributed by atoms with E-state index < -0.39 is 90.1 Å². The maximum absolute atomic E-state index is 14.2. The van der Waals surface area contributed by atoms with Gasteiger partial charge in [0.25, 0.3) is 0 Å². The SMILES string of the molecule is CC(C)(C)OC(=O)NCCCC[C@H](NC(=O)OC(C)(C)C)C(=O)OC[C@H](COc1ccc(-c2c(C#N)c(N)nc(SCc3coc(-c4ccc(Cl)cc4)n3)c2C#N)cc1)OC(=O)[C@H](CCCCNC(=O)OC(C)(C)C)NC(=O)OC(C)(C)C. The lowest BCUT2D eigenvalue weighted by atomic mass is 9.97. The third-order valence-electron chi connectivity index (χ3n) is 10.8. The molecule has 0 aliphatic heterocycles. The highest BCUT2D eigenvalue weighted by atomic mass is 35.5. The van der Waals surface area contributed by atoms with Gasteiger partial charge in [-0.15, -0.1) is 0 Å². The molecule has 6 N–H and O–H groups in total. The number of nitrogen functional groups attached to an aromatic ring is 1. The Kier molecular flexibility index (Phi) is 25.2. The zero-order valence-electron chi connectivity index (χ0n) is 49.1. The molecule has 83 heavy (non-hydrogen) atoms. The summed E-state index contributed by atoms with van der Waals surface area (Å²) in [6.45, 7) is 19.6. The number of nitrogens with zero attached hydrogens (tertiary/aromatic N) is 4. The lowest BCUT2D eigenvalue weighted by Crippen LogP contribution is -2.47. The number of carbonyl (C=O) groups is 6. The van der Waals surface area contributed by atoms with E-state index in [4.69, 9.17) is 54.9 Å². The van der Waals surface area contributed by atoms with Gasteiger partial charge in [-0.05, 0) is 164 Å². The average molecular weight is 1190 g/mol. The third-order valence-corrected chi connectivity index (χ3v) is 12.1. The van der Waals surface area contributed by atoms with Gasteiger partial charge in [0.05, 0.1) is 11.3 Å². The number of thioether (sulfide) groups is 1. The zero-order valence-corrected chi connectivity index (χ0v) is 50.6. The van der Waals surface area contributed by atoms with Crippen molar-refractivity contribution in [2.75, 3.05) is 32.0 Å². The molecule has 4 rings (SSSR count). The second-order valence-electron chi connectivity index (χ2n) is 22.9. The molecule has 4 aromatic rings. The van der Waals surface area contributed by atoms with Crippen LogP contribution in [0.5, 0.6) is 5.75 Å². The molecule has 0 unspecified atom stereocenters. The van der Waals surface area contributed by atoms with E-state index in [0.717, 1.165) is 0 Å². The highest BCUT2D eigenvalue weighted by Crippen LogP contribution is 2.37. The monoisotopic (exact) mass is 1190 g/mol. The number of anilines is 1. The molecule has 0 spiro atoms. The number of carbonyl (C=O) groups excluding carboxylic acids is 6. The fourth-order valence-corrected chi connectivity index (χ4v) is 8.33. The van der Waals surface area contributed by atoms with Gasteiger partial charge in [-0.25, -0.2) is 38.7 Å².